The molecular formula is C13H17BrN2OS. The average molecular weight is 329 g/mol. The normalized spacial score (nSPS) is 28.1. The summed E-state index contributed by atoms with van der Waals surface area (Å²) in [6.45, 7) is 2.35. The molecule has 0 spiro atoms. The summed E-state index contributed by atoms with van der Waals surface area (Å²) in [5, 5.41) is 3.22. The fraction of sp³-hybridized carbons (Fsp3) is 0.615. The highest BCUT2D eigenvalue weighted by Crippen LogP contribution is 2.28. The van der Waals surface area contributed by atoms with Crippen LogP contribution in [0.4, 0.5) is 0 Å². The highest BCUT2D eigenvalue weighted by molar-refractivity contribution is 9.11. The molecule has 2 aliphatic rings. The molecule has 0 unspecified atom stereocenters. The molecule has 0 aromatic carbocycles. The molecule has 1 amide bonds. The van der Waals surface area contributed by atoms with Gasteiger partial charge in [0.2, 0.25) is 0 Å². The fourth-order valence-corrected chi connectivity index (χ4v) is 4.38. The minimum atomic E-state index is 0.0862. The molecule has 0 aliphatic carbocycles. The molecule has 3 heterocycles. The number of thiophene rings is 1. The van der Waals surface area contributed by atoms with Gasteiger partial charge in [-0.3, -0.25) is 9.69 Å². The molecule has 98 valence electrons. The van der Waals surface area contributed by atoms with Gasteiger partial charge in [-0.25, -0.2) is 0 Å². The van der Waals surface area contributed by atoms with Crippen molar-refractivity contribution >= 4 is 33.2 Å². The van der Waals surface area contributed by atoms with Crippen molar-refractivity contribution in [2.75, 3.05) is 13.1 Å². The Morgan fingerprint density at radius 2 is 2.22 bits per heavy atom. The molecule has 3 rings (SSSR count). The van der Waals surface area contributed by atoms with Crippen LogP contribution in [0, 0.1) is 0 Å². The number of hydrogen-bond acceptors (Lipinski definition) is 3. The van der Waals surface area contributed by atoms with Crippen LogP contribution in [0.2, 0.25) is 0 Å². The van der Waals surface area contributed by atoms with Crippen molar-refractivity contribution in [1.82, 2.24) is 10.2 Å². The monoisotopic (exact) mass is 328 g/mol. The van der Waals surface area contributed by atoms with E-state index in [9.17, 15) is 4.79 Å². The van der Waals surface area contributed by atoms with Crippen molar-refractivity contribution in [1.29, 1.82) is 0 Å². The van der Waals surface area contributed by atoms with Crippen molar-refractivity contribution in [3.8, 4) is 0 Å². The second-order valence-electron chi connectivity index (χ2n) is 5.07. The predicted molar refractivity (Wildman–Crippen MR) is 77.1 cm³/mol. The van der Waals surface area contributed by atoms with Gasteiger partial charge in [0.05, 0.1) is 8.66 Å². The number of halogens is 1. The molecule has 2 saturated heterocycles. The zero-order valence-corrected chi connectivity index (χ0v) is 12.6. The Morgan fingerprint density at radius 3 is 3.00 bits per heavy atom. The maximum absolute atomic E-state index is 12.1. The smallest absolute Gasteiger partial charge is 0.261 e. The van der Waals surface area contributed by atoms with Crippen LogP contribution in [0.3, 0.4) is 0 Å². The minimum absolute atomic E-state index is 0.0862. The summed E-state index contributed by atoms with van der Waals surface area (Å²) < 4.78 is 1.01. The third kappa shape index (κ3) is 2.49. The Kier molecular flexibility index (Phi) is 3.73. The lowest BCUT2D eigenvalue weighted by molar-refractivity contribution is 0.0919. The first-order chi connectivity index (χ1) is 8.74. The molecule has 0 saturated carbocycles. The topological polar surface area (TPSA) is 32.3 Å². The fourth-order valence-electron chi connectivity index (χ4n) is 3.09. The van der Waals surface area contributed by atoms with Gasteiger partial charge in [0.1, 0.15) is 0 Å². The molecule has 1 aromatic heterocycles. The molecule has 1 N–H and O–H groups in total. The van der Waals surface area contributed by atoms with Gasteiger partial charge in [0.25, 0.3) is 5.91 Å². The summed E-state index contributed by atoms with van der Waals surface area (Å²) in [6.07, 6.45) is 4.95. The number of nitrogens with one attached hydrogen (secondary N) is 1. The first kappa shape index (κ1) is 12.6. The van der Waals surface area contributed by atoms with E-state index in [2.05, 4.69) is 26.1 Å². The Balaban J connectivity index is 1.64. The summed E-state index contributed by atoms with van der Waals surface area (Å²) in [7, 11) is 0. The van der Waals surface area contributed by atoms with Gasteiger partial charge in [0, 0.05) is 18.6 Å². The number of nitrogens with zero attached hydrogens (tertiary/aromatic N) is 1. The molecule has 2 fully saturated rings. The highest BCUT2D eigenvalue weighted by atomic mass is 79.9. The highest BCUT2D eigenvalue weighted by Gasteiger charge is 2.36. The number of hydrogen-bond donors (Lipinski definition) is 1. The van der Waals surface area contributed by atoms with Crippen LogP contribution in [0.1, 0.15) is 35.4 Å². The Labute approximate surface area is 120 Å². The molecule has 0 bridgehead atoms. The van der Waals surface area contributed by atoms with Gasteiger partial charge < -0.3 is 5.32 Å². The minimum Gasteiger partial charge on any atom is -0.347 e. The van der Waals surface area contributed by atoms with Crippen LogP contribution >= 0.6 is 27.3 Å². The SMILES string of the molecule is O=C(N[C@@H]1CCN2CCCC[C@@H]12)c1ccc(Br)s1. The maximum Gasteiger partial charge on any atom is 0.261 e. The van der Waals surface area contributed by atoms with E-state index in [1.165, 1.54) is 37.1 Å². The van der Waals surface area contributed by atoms with Crippen LogP contribution in [0.25, 0.3) is 0 Å². The number of amides is 1. The third-order valence-electron chi connectivity index (χ3n) is 3.97. The van der Waals surface area contributed by atoms with Crippen LogP contribution in [-0.2, 0) is 0 Å². The van der Waals surface area contributed by atoms with Crippen molar-refractivity contribution in [3.05, 3.63) is 20.8 Å². The molecule has 1 aromatic rings. The van der Waals surface area contributed by atoms with Crippen molar-refractivity contribution < 1.29 is 4.79 Å². The van der Waals surface area contributed by atoms with Crippen molar-refractivity contribution in [3.63, 3.8) is 0 Å². The predicted octanol–water partition coefficient (Wildman–Crippen LogP) is 2.87. The van der Waals surface area contributed by atoms with E-state index in [0.717, 1.165) is 21.6 Å². The lowest BCUT2D eigenvalue weighted by Gasteiger charge is -2.32. The van der Waals surface area contributed by atoms with E-state index in [-0.39, 0.29) is 5.91 Å². The van der Waals surface area contributed by atoms with Crippen LogP contribution in [-0.4, -0.2) is 36.0 Å². The Morgan fingerprint density at radius 1 is 1.33 bits per heavy atom. The Bertz CT molecular complexity index is 448. The molecule has 3 nitrogen and oxygen atoms in total. The van der Waals surface area contributed by atoms with E-state index in [4.69, 9.17) is 0 Å². The van der Waals surface area contributed by atoms with E-state index >= 15 is 0 Å². The van der Waals surface area contributed by atoms with E-state index in [1.807, 2.05) is 12.1 Å². The molecule has 2 aliphatic heterocycles. The van der Waals surface area contributed by atoms with Crippen LogP contribution in [0.15, 0.2) is 15.9 Å². The summed E-state index contributed by atoms with van der Waals surface area (Å²) in [4.78, 5) is 15.5. The maximum atomic E-state index is 12.1. The first-order valence-electron chi connectivity index (χ1n) is 6.54. The summed E-state index contributed by atoms with van der Waals surface area (Å²) in [5.41, 5.74) is 0. The van der Waals surface area contributed by atoms with Crippen molar-refractivity contribution in [2.24, 2.45) is 0 Å². The largest absolute Gasteiger partial charge is 0.347 e. The standard InChI is InChI=1S/C13H17BrN2OS/c14-12-5-4-11(18-12)13(17)15-9-6-8-16-7-2-1-3-10(9)16/h4-5,9-10H,1-3,6-8H2,(H,15,17)/t9-,10+/m1/s1. The van der Waals surface area contributed by atoms with Gasteiger partial charge in [0.15, 0.2) is 0 Å². The molecular weight excluding hydrogens is 312 g/mol. The molecule has 18 heavy (non-hydrogen) atoms. The summed E-state index contributed by atoms with van der Waals surface area (Å²) >= 11 is 4.90. The van der Waals surface area contributed by atoms with Crippen LogP contribution < -0.4 is 5.32 Å². The molecule has 0 radical (unpaired) electrons. The van der Waals surface area contributed by atoms with E-state index in [0.29, 0.717) is 12.1 Å². The number of rotatable bonds is 2. The van der Waals surface area contributed by atoms with E-state index in [1.54, 1.807) is 0 Å². The van der Waals surface area contributed by atoms with Gasteiger partial charge in [-0.05, 0) is 53.9 Å². The lowest BCUT2D eigenvalue weighted by atomic mass is 9.99. The zero-order valence-electron chi connectivity index (χ0n) is 10.2. The first-order valence-corrected chi connectivity index (χ1v) is 8.15. The summed E-state index contributed by atoms with van der Waals surface area (Å²) in [5.74, 6) is 0.0862. The van der Waals surface area contributed by atoms with Gasteiger partial charge >= 0.3 is 0 Å². The average Bonchev–Trinajstić information content (AvgIpc) is 2.97. The van der Waals surface area contributed by atoms with Gasteiger partial charge in [-0.15, -0.1) is 11.3 Å². The summed E-state index contributed by atoms with van der Waals surface area (Å²) in [6, 6.07) is 4.74. The lowest BCUT2D eigenvalue weighted by Crippen LogP contribution is -2.46. The van der Waals surface area contributed by atoms with Crippen molar-refractivity contribution in [2.45, 2.75) is 37.8 Å². The van der Waals surface area contributed by atoms with E-state index < -0.39 is 0 Å². The zero-order chi connectivity index (χ0) is 12.5. The number of fused-ring (bicyclic) bond motifs is 1. The van der Waals surface area contributed by atoms with Crippen LogP contribution in [0.5, 0.6) is 0 Å². The number of carbonyl (C=O) groups is 1. The second-order valence-corrected chi connectivity index (χ2v) is 7.53. The number of piperidine rings is 1. The van der Waals surface area contributed by atoms with Gasteiger partial charge in [-0.1, -0.05) is 6.42 Å². The third-order valence-corrected chi connectivity index (χ3v) is 5.59. The van der Waals surface area contributed by atoms with Gasteiger partial charge in [-0.2, -0.15) is 0 Å². The Hall–Kier alpha value is -0.390. The second kappa shape index (κ2) is 5.31. The molecule has 5 heteroatoms. The molecule has 2 atom stereocenters. The number of carbonyl (C=O) groups excluding carboxylic acids is 1. The quantitative estimate of drug-likeness (QED) is 0.905.